The SMILES string of the molecule is O=C(NCCO)NC(=O)NCCO. The van der Waals surface area contributed by atoms with Crippen molar-refractivity contribution in [2.45, 2.75) is 0 Å². The number of urea groups is 2. The van der Waals surface area contributed by atoms with Gasteiger partial charge in [-0.1, -0.05) is 0 Å². The second-order valence-corrected chi connectivity index (χ2v) is 2.08. The molecule has 0 unspecified atom stereocenters. The first-order valence-electron chi connectivity index (χ1n) is 3.75. The van der Waals surface area contributed by atoms with Gasteiger partial charge in [-0.15, -0.1) is 0 Å². The second-order valence-electron chi connectivity index (χ2n) is 2.08. The van der Waals surface area contributed by atoms with Crippen LogP contribution in [0, 0.1) is 0 Å². The minimum atomic E-state index is -0.690. The number of hydrogen-bond acceptors (Lipinski definition) is 4. The van der Waals surface area contributed by atoms with E-state index in [0.29, 0.717) is 0 Å². The Morgan fingerprint density at radius 3 is 1.62 bits per heavy atom. The molecule has 4 amide bonds. The summed E-state index contributed by atoms with van der Waals surface area (Å²) < 4.78 is 0. The summed E-state index contributed by atoms with van der Waals surface area (Å²) in [6.45, 7) is -0.213. The van der Waals surface area contributed by atoms with Crippen LogP contribution >= 0.6 is 0 Å². The monoisotopic (exact) mass is 191 g/mol. The number of carbonyl (C=O) groups excluding carboxylic acids is 2. The molecule has 0 saturated heterocycles. The van der Waals surface area contributed by atoms with E-state index in [1.165, 1.54) is 0 Å². The fourth-order valence-electron chi connectivity index (χ4n) is 0.530. The zero-order chi connectivity index (χ0) is 10.1. The summed E-state index contributed by atoms with van der Waals surface area (Å²) in [4.78, 5) is 21.4. The van der Waals surface area contributed by atoms with Crippen LogP contribution in [0.25, 0.3) is 0 Å². The number of nitrogens with one attached hydrogen (secondary N) is 3. The number of hydrogen-bond donors (Lipinski definition) is 5. The summed E-state index contributed by atoms with van der Waals surface area (Å²) in [5.74, 6) is 0. The summed E-state index contributed by atoms with van der Waals surface area (Å²) in [7, 11) is 0. The predicted octanol–water partition coefficient (Wildman–Crippen LogP) is -2.02. The van der Waals surface area contributed by atoms with Crippen LogP contribution in [-0.4, -0.2) is 48.6 Å². The average molecular weight is 191 g/mol. The zero-order valence-corrected chi connectivity index (χ0v) is 7.04. The lowest BCUT2D eigenvalue weighted by molar-refractivity contribution is 0.221. The zero-order valence-electron chi connectivity index (χ0n) is 7.04. The van der Waals surface area contributed by atoms with Crippen LogP contribution in [0.1, 0.15) is 0 Å². The van der Waals surface area contributed by atoms with Gasteiger partial charge < -0.3 is 20.8 Å². The number of amides is 4. The summed E-state index contributed by atoms with van der Waals surface area (Å²) in [6.07, 6.45) is 0. The van der Waals surface area contributed by atoms with Crippen LogP contribution in [0.15, 0.2) is 0 Å². The van der Waals surface area contributed by atoms with Gasteiger partial charge in [0, 0.05) is 13.1 Å². The minimum absolute atomic E-state index is 0.0825. The number of aliphatic hydroxyl groups is 2. The lowest BCUT2D eigenvalue weighted by atomic mass is 10.6. The summed E-state index contributed by atoms with van der Waals surface area (Å²) >= 11 is 0. The lowest BCUT2D eigenvalue weighted by Crippen LogP contribution is -2.46. The molecule has 76 valence electrons. The van der Waals surface area contributed by atoms with Crippen molar-refractivity contribution in [1.82, 2.24) is 16.0 Å². The van der Waals surface area contributed by atoms with Gasteiger partial charge in [-0.05, 0) is 0 Å². The van der Waals surface area contributed by atoms with Gasteiger partial charge in [0.25, 0.3) is 0 Å². The Morgan fingerprint density at radius 1 is 0.923 bits per heavy atom. The van der Waals surface area contributed by atoms with Crippen LogP contribution in [-0.2, 0) is 0 Å². The Hall–Kier alpha value is -1.34. The van der Waals surface area contributed by atoms with E-state index in [4.69, 9.17) is 10.2 Å². The Bertz CT molecular complexity index is 155. The van der Waals surface area contributed by atoms with Crippen LogP contribution in [0.4, 0.5) is 9.59 Å². The first-order valence-corrected chi connectivity index (χ1v) is 3.75. The molecule has 0 fully saturated rings. The largest absolute Gasteiger partial charge is 0.395 e. The highest BCUT2D eigenvalue weighted by Gasteiger charge is 2.04. The third-order valence-corrected chi connectivity index (χ3v) is 1.02. The molecule has 0 aromatic rings. The van der Waals surface area contributed by atoms with Crippen molar-refractivity contribution in [3.05, 3.63) is 0 Å². The standard InChI is InChI=1S/C6H13N3O4/c10-3-1-7-5(12)9-6(13)8-2-4-11/h10-11H,1-4H2,(H3,7,8,9,12,13). The Labute approximate surface area is 75.1 Å². The van der Waals surface area contributed by atoms with Gasteiger partial charge in [0.1, 0.15) is 0 Å². The molecule has 0 saturated carbocycles. The molecule has 13 heavy (non-hydrogen) atoms. The summed E-state index contributed by atoms with van der Waals surface area (Å²) in [5.41, 5.74) is 0. The molecule has 0 aliphatic heterocycles. The Morgan fingerprint density at radius 2 is 1.31 bits per heavy atom. The van der Waals surface area contributed by atoms with Gasteiger partial charge >= 0.3 is 12.1 Å². The van der Waals surface area contributed by atoms with Gasteiger partial charge in [0.15, 0.2) is 0 Å². The summed E-state index contributed by atoms with van der Waals surface area (Å²) in [5, 5.41) is 23.0. The number of carbonyl (C=O) groups is 2. The van der Waals surface area contributed by atoms with E-state index in [1.807, 2.05) is 5.32 Å². The smallest absolute Gasteiger partial charge is 0.322 e. The predicted molar refractivity (Wildman–Crippen MR) is 44.1 cm³/mol. The minimum Gasteiger partial charge on any atom is -0.395 e. The van der Waals surface area contributed by atoms with Crippen molar-refractivity contribution in [3.8, 4) is 0 Å². The lowest BCUT2D eigenvalue weighted by Gasteiger charge is -2.05. The first kappa shape index (κ1) is 11.7. The van der Waals surface area contributed by atoms with Crippen LogP contribution in [0.5, 0.6) is 0 Å². The van der Waals surface area contributed by atoms with Gasteiger partial charge in [0.05, 0.1) is 13.2 Å². The maximum absolute atomic E-state index is 10.7. The third kappa shape index (κ3) is 7.04. The van der Waals surface area contributed by atoms with Crippen molar-refractivity contribution in [2.24, 2.45) is 0 Å². The molecular formula is C6H13N3O4. The number of aliphatic hydroxyl groups excluding tert-OH is 2. The van der Waals surface area contributed by atoms with E-state index in [0.717, 1.165) is 0 Å². The van der Waals surface area contributed by atoms with E-state index < -0.39 is 12.1 Å². The fraction of sp³-hybridized carbons (Fsp3) is 0.667. The van der Waals surface area contributed by atoms with Gasteiger partial charge in [-0.3, -0.25) is 5.32 Å². The molecule has 0 aliphatic rings. The maximum atomic E-state index is 10.7. The second kappa shape index (κ2) is 7.32. The fourth-order valence-corrected chi connectivity index (χ4v) is 0.530. The van der Waals surface area contributed by atoms with E-state index >= 15 is 0 Å². The summed E-state index contributed by atoms with van der Waals surface area (Å²) in [6, 6.07) is -1.38. The molecule has 0 spiro atoms. The molecule has 0 heterocycles. The van der Waals surface area contributed by atoms with Crippen LogP contribution in [0.3, 0.4) is 0 Å². The molecule has 0 aromatic heterocycles. The number of imide groups is 1. The Kier molecular flexibility index (Phi) is 6.56. The molecule has 0 aliphatic carbocycles. The molecule has 0 atom stereocenters. The van der Waals surface area contributed by atoms with Crippen LogP contribution in [0.2, 0.25) is 0 Å². The highest BCUT2D eigenvalue weighted by atomic mass is 16.3. The van der Waals surface area contributed by atoms with Gasteiger partial charge in [0.2, 0.25) is 0 Å². The molecule has 0 aromatic carbocycles. The van der Waals surface area contributed by atoms with Gasteiger partial charge in [-0.2, -0.15) is 0 Å². The van der Waals surface area contributed by atoms with Crippen LogP contribution < -0.4 is 16.0 Å². The molecule has 5 N–H and O–H groups in total. The third-order valence-electron chi connectivity index (χ3n) is 1.02. The highest BCUT2D eigenvalue weighted by molar-refractivity contribution is 5.93. The van der Waals surface area contributed by atoms with Crippen molar-refractivity contribution < 1.29 is 19.8 Å². The topological polar surface area (TPSA) is 111 Å². The van der Waals surface area contributed by atoms with Crippen molar-refractivity contribution in [1.29, 1.82) is 0 Å². The number of rotatable bonds is 4. The van der Waals surface area contributed by atoms with E-state index in [-0.39, 0.29) is 26.3 Å². The average Bonchev–Trinajstić information content (AvgIpc) is 2.11. The van der Waals surface area contributed by atoms with E-state index in [9.17, 15) is 9.59 Å². The molecule has 7 nitrogen and oxygen atoms in total. The molecule has 0 bridgehead atoms. The molecular weight excluding hydrogens is 178 g/mol. The molecule has 7 heteroatoms. The van der Waals surface area contributed by atoms with E-state index in [1.54, 1.807) is 0 Å². The maximum Gasteiger partial charge on any atom is 0.322 e. The Balaban J connectivity index is 3.47. The van der Waals surface area contributed by atoms with E-state index in [2.05, 4.69) is 10.6 Å². The van der Waals surface area contributed by atoms with Crippen molar-refractivity contribution >= 4 is 12.1 Å². The van der Waals surface area contributed by atoms with Gasteiger partial charge in [-0.25, -0.2) is 9.59 Å². The first-order chi connectivity index (χ1) is 6.20. The van der Waals surface area contributed by atoms with Crippen molar-refractivity contribution in [2.75, 3.05) is 26.3 Å². The highest BCUT2D eigenvalue weighted by Crippen LogP contribution is 1.67. The van der Waals surface area contributed by atoms with Crippen molar-refractivity contribution in [3.63, 3.8) is 0 Å². The molecule has 0 rings (SSSR count). The normalized spacial score (nSPS) is 9.08. The molecule has 0 radical (unpaired) electrons. The quantitative estimate of drug-likeness (QED) is 0.353.